The van der Waals surface area contributed by atoms with E-state index in [2.05, 4.69) is 0 Å². The molecule has 1 heterocycles. The lowest BCUT2D eigenvalue weighted by atomic mass is 10.1. The summed E-state index contributed by atoms with van der Waals surface area (Å²) >= 11 is 0. The lowest BCUT2D eigenvalue weighted by Gasteiger charge is -2.18. The molecule has 0 spiro atoms. The molecular weight excluding hydrogens is 206 g/mol. The van der Waals surface area contributed by atoms with Crippen LogP contribution in [0, 0.1) is 0 Å². The van der Waals surface area contributed by atoms with E-state index >= 15 is 0 Å². The Labute approximate surface area is 95.8 Å². The number of nitrogens with zero attached hydrogens (tertiary/aromatic N) is 1. The molecule has 0 unspecified atom stereocenters. The van der Waals surface area contributed by atoms with Gasteiger partial charge in [0.15, 0.2) is 0 Å². The summed E-state index contributed by atoms with van der Waals surface area (Å²) in [6.07, 6.45) is 2.41. The summed E-state index contributed by atoms with van der Waals surface area (Å²) in [6.45, 7) is 6.25. The van der Waals surface area contributed by atoms with Gasteiger partial charge in [-0.2, -0.15) is 0 Å². The highest BCUT2D eigenvalue weighted by Gasteiger charge is 2.15. The first kappa shape index (κ1) is 12.8. The second-order valence-corrected chi connectivity index (χ2v) is 4.37. The monoisotopic (exact) mass is 225 g/mol. The minimum Gasteiger partial charge on any atom is -0.461 e. The minimum absolute atomic E-state index is 0.316. The Morgan fingerprint density at radius 2 is 2.25 bits per heavy atom. The molecule has 0 aliphatic heterocycles. The number of hydrogen-bond donors (Lipinski definition) is 1. The van der Waals surface area contributed by atoms with Crippen LogP contribution in [0.25, 0.3) is 0 Å². The van der Waals surface area contributed by atoms with Crippen LogP contribution in [0.4, 0.5) is 0 Å². The highest BCUT2D eigenvalue weighted by Crippen LogP contribution is 2.12. The Morgan fingerprint density at radius 1 is 1.56 bits per heavy atom. The Kier molecular flexibility index (Phi) is 4.12. The molecule has 0 saturated heterocycles. The van der Waals surface area contributed by atoms with Crippen molar-refractivity contribution in [2.75, 3.05) is 6.61 Å². The smallest absolute Gasteiger partial charge is 0.354 e. The fourth-order valence-corrected chi connectivity index (χ4v) is 1.39. The van der Waals surface area contributed by atoms with E-state index < -0.39 is 5.60 Å². The van der Waals surface area contributed by atoms with Gasteiger partial charge in [-0.25, -0.2) is 4.79 Å². The van der Waals surface area contributed by atoms with Crippen LogP contribution in [0.15, 0.2) is 18.3 Å². The predicted molar refractivity (Wildman–Crippen MR) is 61.3 cm³/mol. The van der Waals surface area contributed by atoms with E-state index in [9.17, 15) is 9.90 Å². The van der Waals surface area contributed by atoms with Gasteiger partial charge in [-0.3, -0.25) is 0 Å². The van der Waals surface area contributed by atoms with Crippen LogP contribution in [0.5, 0.6) is 0 Å². The Bertz CT molecular complexity index is 349. The number of esters is 1. The van der Waals surface area contributed by atoms with Gasteiger partial charge in [0, 0.05) is 12.7 Å². The van der Waals surface area contributed by atoms with E-state index in [1.54, 1.807) is 37.5 Å². The van der Waals surface area contributed by atoms with E-state index in [1.807, 2.05) is 6.20 Å². The third-order valence-electron chi connectivity index (χ3n) is 2.28. The van der Waals surface area contributed by atoms with Crippen LogP contribution in [-0.2, 0) is 11.3 Å². The largest absolute Gasteiger partial charge is 0.461 e. The summed E-state index contributed by atoms with van der Waals surface area (Å²) in [7, 11) is 0. The molecular formula is C12H19NO3. The molecule has 0 aliphatic rings. The first-order valence-corrected chi connectivity index (χ1v) is 5.48. The molecule has 4 nitrogen and oxygen atoms in total. The van der Waals surface area contributed by atoms with Gasteiger partial charge in [-0.1, -0.05) is 0 Å². The maximum absolute atomic E-state index is 11.5. The quantitative estimate of drug-likeness (QED) is 0.778. The molecule has 0 aromatic carbocycles. The van der Waals surface area contributed by atoms with Crippen LogP contribution in [0.1, 0.15) is 37.7 Å². The first-order valence-electron chi connectivity index (χ1n) is 5.48. The van der Waals surface area contributed by atoms with Gasteiger partial charge in [-0.05, 0) is 39.3 Å². The summed E-state index contributed by atoms with van der Waals surface area (Å²) < 4.78 is 6.74. The molecule has 0 aliphatic carbocycles. The number of ether oxygens (including phenoxy) is 1. The molecule has 1 N–H and O–H groups in total. The maximum atomic E-state index is 11.5. The predicted octanol–water partition coefficient (Wildman–Crippen LogP) is 1.83. The molecule has 0 atom stereocenters. The highest BCUT2D eigenvalue weighted by atomic mass is 16.5. The molecule has 1 aromatic heterocycles. The fourth-order valence-electron chi connectivity index (χ4n) is 1.39. The lowest BCUT2D eigenvalue weighted by Crippen LogP contribution is -2.22. The van der Waals surface area contributed by atoms with E-state index in [0.29, 0.717) is 25.3 Å². The average molecular weight is 225 g/mol. The van der Waals surface area contributed by atoms with Crippen molar-refractivity contribution in [3.63, 3.8) is 0 Å². The molecule has 90 valence electrons. The first-order chi connectivity index (χ1) is 7.44. The van der Waals surface area contributed by atoms with Crippen molar-refractivity contribution in [1.82, 2.24) is 4.57 Å². The van der Waals surface area contributed by atoms with Gasteiger partial charge in [0.2, 0.25) is 0 Å². The van der Waals surface area contributed by atoms with Crippen molar-refractivity contribution in [3.05, 3.63) is 24.0 Å². The van der Waals surface area contributed by atoms with Crippen LogP contribution < -0.4 is 0 Å². The van der Waals surface area contributed by atoms with E-state index in [4.69, 9.17) is 4.74 Å². The van der Waals surface area contributed by atoms with Crippen LogP contribution in [0.3, 0.4) is 0 Å². The molecule has 16 heavy (non-hydrogen) atoms. The second kappa shape index (κ2) is 5.16. The minimum atomic E-state index is -0.726. The van der Waals surface area contributed by atoms with E-state index in [1.165, 1.54) is 0 Å². The van der Waals surface area contributed by atoms with Crippen molar-refractivity contribution < 1.29 is 14.6 Å². The summed E-state index contributed by atoms with van der Waals surface area (Å²) in [5.41, 5.74) is -0.193. The number of aliphatic hydroxyl groups is 1. The standard InChI is InChI=1S/C12H19NO3/c1-4-16-11(14)10-6-5-8-13(10)9-7-12(2,3)15/h5-6,8,15H,4,7,9H2,1-3H3. The van der Waals surface area contributed by atoms with Gasteiger partial charge in [0.1, 0.15) is 5.69 Å². The van der Waals surface area contributed by atoms with Crippen molar-refractivity contribution in [3.8, 4) is 0 Å². The fraction of sp³-hybridized carbons (Fsp3) is 0.583. The van der Waals surface area contributed by atoms with Crippen molar-refractivity contribution in [1.29, 1.82) is 0 Å². The zero-order chi connectivity index (χ0) is 12.2. The Hall–Kier alpha value is -1.29. The van der Waals surface area contributed by atoms with Crippen LogP contribution in [0.2, 0.25) is 0 Å². The van der Waals surface area contributed by atoms with Gasteiger partial charge >= 0.3 is 5.97 Å². The Balaban J connectivity index is 2.67. The number of aromatic nitrogens is 1. The molecule has 0 fully saturated rings. The van der Waals surface area contributed by atoms with Crippen LogP contribution in [-0.4, -0.2) is 27.9 Å². The SMILES string of the molecule is CCOC(=O)c1cccn1CCC(C)(C)O. The van der Waals surface area contributed by atoms with Crippen molar-refractivity contribution in [2.45, 2.75) is 39.3 Å². The maximum Gasteiger partial charge on any atom is 0.354 e. The van der Waals surface area contributed by atoms with Crippen molar-refractivity contribution >= 4 is 5.97 Å². The summed E-state index contributed by atoms with van der Waals surface area (Å²) in [4.78, 5) is 11.5. The number of aryl methyl sites for hydroxylation is 1. The Morgan fingerprint density at radius 3 is 2.81 bits per heavy atom. The lowest BCUT2D eigenvalue weighted by molar-refractivity contribution is 0.0496. The number of carbonyl (C=O) groups is 1. The molecule has 0 saturated carbocycles. The van der Waals surface area contributed by atoms with E-state index in [-0.39, 0.29) is 5.97 Å². The number of rotatable bonds is 5. The normalized spacial score (nSPS) is 11.5. The van der Waals surface area contributed by atoms with Crippen LogP contribution >= 0.6 is 0 Å². The molecule has 1 aromatic rings. The molecule has 1 rings (SSSR count). The zero-order valence-electron chi connectivity index (χ0n) is 10.1. The second-order valence-electron chi connectivity index (χ2n) is 4.37. The number of hydrogen-bond acceptors (Lipinski definition) is 3. The van der Waals surface area contributed by atoms with E-state index in [0.717, 1.165) is 0 Å². The molecule has 0 amide bonds. The molecule has 0 bridgehead atoms. The average Bonchev–Trinajstić information content (AvgIpc) is 2.61. The number of carbonyl (C=O) groups excluding carboxylic acids is 1. The van der Waals surface area contributed by atoms with Crippen molar-refractivity contribution in [2.24, 2.45) is 0 Å². The highest BCUT2D eigenvalue weighted by molar-refractivity contribution is 5.87. The van der Waals surface area contributed by atoms with Gasteiger partial charge in [0.05, 0.1) is 12.2 Å². The summed E-state index contributed by atoms with van der Waals surface area (Å²) in [5.74, 6) is -0.316. The molecule has 0 radical (unpaired) electrons. The van der Waals surface area contributed by atoms with Gasteiger partial charge < -0.3 is 14.4 Å². The third kappa shape index (κ3) is 3.70. The van der Waals surface area contributed by atoms with Gasteiger partial charge in [-0.15, -0.1) is 0 Å². The zero-order valence-corrected chi connectivity index (χ0v) is 10.1. The van der Waals surface area contributed by atoms with Gasteiger partial charge in [0.25, 0.3) is 0 Å². The molecule has 4 heteroatoms. The topological polar surface area (TPSA) is 51.5 Å². The third-order valence-corrected chi connectivity index (χ3v) is 2.28. The summed E-state index contributed by atoms with van der Waals surface area (Å²) in [6, 6.07) is 3.53. The summed E-state index contributed by atoms with van der Waals surface area (Å²) in [5, 5.41) is 9.62.